The van der Waals surface area contributed by atoms with Gasteiger partial charge in [0.05, 0.1) is 13.7 Å². The van der Waals surface area contributed by atoms with Gasteiger partial charge in [-0.1, -0.05) is 31.5 Å². The Labute approximate surface area is 125 Å². The van der Waals surface area contributed by atoms with Crippen LogP contribution in [0.2, 0.25) is 5.02 Å². The first-order valence-electron chi connectivity index (χ1n) is 6.93. The topological polar surface area (TPSA) is 50.4 Å². The summed E-state index contributed by atoms with van der Waals surface area (Å²) in [6.07, 6.45) is 1.89. The maximum absolute atomic E-state index is 11.8. The fraction of sp³-hybridized carbons (Fsp3) is 0.533. The molecule has 0 unspecified atom stereocenters. The molecule has 1 rings (SSSR count). The van der Waals surface area contributed by atoms with Crippen molar-refractivity contribution in [1.29, 1.82) is 0 Å². The van der Waals surface area contributed by atoms with E-state index in [1.54, 1.807) is 7.11 Å². The fourth-order valence-electron chi connectivity index (χ4n) is 1.97. The van der Waals surface area contributed by atoms with E-state index in [4.69, 9.17) is 16.3 Å². The number of carbonyl (C=O) groups excluding carboxylic acids is 1. The first-order valence-corrected chi connectivity index (χ1v) is 7.31. The molecule has 0 fully saturated rings. The molecule has 1 aromatic rings. The van der Waals surface area contributed by atoms with Gasteiger partial charge in [-0.3, -0.25) is 4.79 Å². The number of hydrogen-bond acceptors (Lipinski definition) is 3. The molecule has 20 heavy (non-hydrogen) atoms. The minimum Gasteiger partial charge on any atom is -0.496 e. The lowest BCUT2D eigenvalue weighted by molar-refractivity contribution is -0.121. The Bertz CT molecular complexity index is 434. The minimum absolute atomic E-state index is 0.00437. The van der Waals surface area contributed by atoms with Gasteiger partial charge in [-0.2, -0.15) is 0 Å². The van der Waals surface area contributed by atoms with E-state index < -0.39 is 0 Å². The summed E-state index contributed by atoms with van der Waals surface area (Å²) in [6, 6.07) is 5.75. The molecular weight excluding hydrogens is 276 g/mol. The van der Waals surface area contributed by atoms with Crippen LogP contribution in [0.5, 0.6) is 5.75 Å². The molecule has 0 atom stereocenters. The molecule has 0 saturated heterocycles. The molecule has 1 aromatic carbocycles. The average molecular weight is 299 g/mol. The number of ether oxygens (including phenoxy) is 1. The number of methoxy groups -OCH3 is 1. The minimum atomic E-state index is 0.00437. The van der Waals surface area contributed by atoms with Crippen LogP contribution in [-0.2, 0) is 11.3 Å². The second kappa shape index (κ2) is 8.82. The molecule has 4 nitrogen and oxygen atoms in total. The standard InChI is InChI=1S/C15H23ClN2O2/c1-4-11(5-2)18-15(19)10-17-9-12-13(16)7-6-8-14(12)20-3/h6-8,11,17H,4-5,9-10H2,1-3H3,(H,18,19). The molecule has 1 amide bonds. The monoisotopic (exact) mass is 298 g/mol. The third-order valence-corrected chi connectivity index (χ3v) is 3.59. The molecule has 0 bridgehead atoms. The first-order chi connectivity index (χ1) is 9.62. The number of halogens is 1. The van der Waals surface area contributed by atoms with Crippen molar-refractivity contribution in [2.24, 2.45) is 0 Å². The molecule has 0 radical (unpaired) electrons. The van der Waals surface area contributed by atoms with Crippen molar-refractivity contribution >= 4 is 17.5 Å². The van der Waals surface area contributed by atoms with Crippen LogP contribution in [0, 0.1) is 0 Å². The van der Waals surface area contributed by atoms with Crippen molar-refractivity contribution in [1.82, 2.24) is 10.6 Å². The van der Waals surface area contributed by atoms with Gasteiger partial charge in [0.15, 0.2) is 0 Å². The summed E-state index contributed by atoms with van der Waals surface area (Å²) in [5.41, 5.74) is 0.868. The van der Waals surface area contributed by atoms with Crippen LogP contribution in [-0.4, -0.2) is 25.6 Å². The van der Waals surface area contributed by atoms with Gasteiger partial charge in [-0.15, -0.1) is 0 Å². The van der Waals surface area contributed by atoms with Crippen LogP contribution in [0.1, 0.15) is 32.3 Å². The molecule has 2 N–H and O–H groups in total. The Balaban J connectivity index is 2.47. The summed E-state index contributed by atoms with van der Waals surface area (Å²) in [7, 11) is 1.61. The molecule has 0 heterocycles. The second-order valence-corrected chi connectivity index (χ2v) is 5.01. The SMILES string of the molecule is CCC(CC)NC(=O)CNCc1c(Cl)cccc1OC. The summed E-state index contributed by atoms with van der Waals surface area (Å²) < 4.78 is 5.26. The fourth-order valence-corrected chi connectivity index (χ4v) is 2.21. The zero-order valence-electron chi connectivity index (χ0n) is 12.3. The van der Waals surface area contributed by atoms with Crippen molar-refractivity contribution in [3.8, 4) is 5.75 Å². The van der Waals surface area contributed by atoms with Gasteiger partial charge in [0.25, 0.3) is 0 Å². The highest BCUT2D eigenvalue weighted by molar-refractivity contribution is 6.31. The van der Waals surface area contributed by atoms with Gasteiger partial charge < -0.3 is 15.4 Å². The van der Waals surface area contributed by atoms with Gasteiger partial charge in [-0.05, 0) is 25.0 Å². The van der Waals surface area contributed by atoms with Crippen molar-refractivity contribution < 1.29 is 9.53 Å². The Kier molecular flexibility index (Phi) is 7.41. The van der Waals surface area contributed by atoms with Crippen LogP contribution < -0.4 is 15.4 Å². The van der Waals surface area contributed by atoms with Crippen molar-refractivity contribution in [3.63, 3.8) is 0 Å². The second-order valence-electron chi connectivity index (χ2n) is 4.61. The number of nitrogens with one attached hydrogen (secondary N) is 2. The summed E-state index contributed by atoms with van der Waals surface area (Å²) in [5, 5.41) is 6.71. The summed E-state index contributed by atoms with van der Waals surface area (Å²) in [6.45, 7) is 4.90. The average Bonchev–Trinajstić information content (AvgIpc) is 2.46. The van der Waals surface area contributed by atoms with Crippen LogP contribution >= 0.6 is 11.6 Å². The predicted molar refractivity (Wildman–Crippen MR) is 82.2 cm³/mol. The summed E-state index contributed by atoms with van der Waals surface area (Å²) >= 11 is 6.13. The maximum Gasteiger partial charge on any atom is 0.234 e. The molecule has 0 aliphatic carbocycles. The maximum atomic E-state index is 11.8. The smallest absolute Gasteiger partial charge is 0.234 e. The van der Waals surface area contributed by atoms with Gasteiger partial charge in [0.2, 0.25) is 5.91 Å². The Hall–Kier alpha value is -1.26. The number of amides is 1. The van der Waals surface area contributed by atoms with E-state index in [1.165, 1.54) is 0 Å². The summed E-state index contributed by atoms with van der Waals surface area (Å²) in [4.78, 5) is 11.8. The Morgan fingerprint density at radius 1 is 1.35 bits per heavy atom. The van der Waals surface area contributed by atoms with Crippen LogP contribution in [0.15, 0.2) is 18.2 Å². The lowest BCUT2D eigenvalue weighted by Gasteiger charge is -2.15. The van der Waals surface area contributed by atoms with E-state index in [9.17, 15) is 4.79 Å². The zero-order chi connectivity index (χ0) is 15.0. The Morgan fingerprint density at radius 3 is 2.65 bits per heavy atom. The number of hydrogen-bond donors (Lipinski definition) is 2. The van der Waals surface area contributed by atoms with Gasteiger partial charge in [0.1, 0.15) is 5.75 Å². The van der Waals surface area contributed by atoms with Crippen LogP contribution in [0.3, 0.4) is 0 Å². The van der Waals surface area contributed by atoms with E-state index >= 15 is 0 Å². The van der Waals surface area contributed by atoms with Gasteiger partial charge in [-0.25, -0.2) is 0 Å². The van der Waals surface area contributed by atoms with Gasteiger partial charge >= 0.3 is 0 Å². The van der Waals surface area contributed by atoms with E-state index in [2.05, 4.69) is 24.5 Å². The highest BCUT2D eigenvalue weighted by Crippen LogP contribution is 2.25. The number of benzene rings is 1. The molecular formula is C15H23ClN2O2. The lowest BCUT2D eigenvalue weighted by atomic mass is 10.2. The third kappa shape index (κ3) is 5.02. The third-order valence-electron chi connectivity index (χ3n) is 3.23. The number of rotatable bonds is 8. The van der Waals surface area contributed by atoms with E-state index in [1.807, 2.05) is 18.2 Å². The summed E-state index contributed by atoms with van der Waals surface area (Å²) in [5.74, 6) is 0.732. The largest absolute Gasteiger partial charge is 0.496 e. The van der Waals surface area contributed by atoms with Crippen LogP contribution in [0.4, 0.5) is 0 Å². The highest BCUT2D eigenvalue weighted by Gasteiger charge is 2.10. The normalized spacial score (nSPS) is 10.7. The molecule has 0 aromatic heterocycles. The van der Waals surface area contributed by atoms with E-state index in [-0.39, 0.29) is 18.5 Å². The van der Waals surface area contributed by atoms with Crippen LogP contribution in [0.25, 0.3) is 0 Å². The predicted octanol–water partition coefficient (Wildman–Crippen LogP) is 2.74. The first kappa shape index (κ1) is 16.8. The van der Waals surface area contributed by atoms with Crippen molar-refractivity contribution in [2.45, 2.75) is 39.3 Å². The zero-order valence-corrected chi connectivity index (χ0v) is 13.1. The Morgan fingerprint density at radius 2 is 2.05 bits per heavy atom. The molecule has 0 aliphatic rings. The molecule has 0 spiro atoms. The molecule has 0 saturated carbocycles. The van der Waals surface area contributed by atoms with E-state index in [0.29, 0.717) is 11.6 Å². The quantitative estimate of drug-likeness (QED) is 0.776. The molecule has 5 heteroatoms. The number of carbonyl (C=O) groups is 1. The molecule has 0 aliphatic heterocycles. The molecule has 112 valence electrons. The van der Waals surface area contributed by atoms with Crippen molar-refractivity contribution in [3.05, 3.63) is 28.8 Å². The van der Waals surface area contributed by atoms with Gasteiger partial charge in [0, 0.05) is 23.2 Å². The van der Waals surface area contributed by atoms with E-state index in [0.717, 1.165) is 24.2 Å². The lowest BCUT2D eigenvalue weighted by Crippen LogP contribution is -2.39. The van der Waals surface area contributed by atoms with Crippen molar-refractivity contribution in [2.75, 3.05) is 13.7 Å². The highest BCUT2D eigenvalue weighted by atomic mass is 35.5.